The van der Waals surface area contributed by atoms with Gasteiger partial charge in [0.2, 0.25) is 15.9 Å². The van der Waals surface area contributed by atoms with Gasteiger partial charge in [-0.3, -0.25) is 4.79 Å². The van der Waals surface area contributed by atoms with E-state index in [-0.39, 0.29) is 18.3 Å². The third-order valence-corrected chi connectivity index (χ3v) is 5.67. The van der Waals surface area contributed by atoms with Crippen LogP contribution in [0.25, 0.3) is 0 Å². The Morgan fingerprint density at radius 2 is 1.67 bits per heavy atom. The van der Waals surface area contributed by atoms with Crippen LogP contribution in [0, 0.1) is 0 Å². The number of nitrogens with one attached hydrogen (secondary N) is 2. The van der Waals surface area contributed by atoms with E-state index in [1.807, 2.05) is 20.9 Å². The van der Waals surface area contributed by atoms with E-state index < -0.39 is 10.0 Å². The van der Waals surface area contributed by atoms with Crippen molar-refractivity contribution in [2.75, 3.05) is 33.2 Å². The van der Waals surface area contributed by atoms with Crippen LogP contribution >= 0.6 is 12.4 Å². The molecule has 0 aromatic heterocycles. The first-order valence-corrected chi connectivity index (χ1v) is 9.40. The van der Waals surface area contributed by atoms with Crippen LogP contribution in [-0.2, 0) is 21.2 Å². The maximum absolute atomic E-state index is 12.4. The Bertz CT molecular complexity index is 587. The summed E-state index contributed by atoms with van der Waals surface area (Å²) in [5.41, 5.74) is 0.951. The number of amides is 1. The number of carbonyl (C=O) groups is 1. The number of carbonyl (C=O) groups excluding carboxylic acids is 1. The minimum absolute atomic E-state index is 0. The maximum atomic E-state index is 12.4. The second-order valence-electron chi connectivity index (χ2n) is 5.19. The van der Waals surface area contributed by atoms with Gasteiger partial charge in [-0.1, -0.05) is 26.0 Å². The molecule has 0 bridgehead atoms. The van der Waals surface area contributed by atoms with Gasteiger partial charge in [-0.05, 0) is 31.2 Å². The van der Waals surface area contributed by atoms with Crippen LogP contribution in [0.15, 0.2) is 29.2 Å². The molecule has 138 valence electrons. The molecule has 2 N–H and O–H groups in total. The monoisotopic (exact) mass is 377 g/mol. The van der Waals surface area contributed by atoms with Crippen LogP contribution in [0.2, 0.25) is 0 Å². The Kier molecular flexibility index (Phi) is 10.9. The number of aryl methyl sites for hydroxylation is 1. The van der Waals surface area contributed by atoms with Crippen LogP contribution < -0.4 is 10.6 Å². The lowest BCUT2D eigenvalue weighted by Gasteiger charge is -2.18. The molecule has 0 saturated heterocycles. The summed E-state index contributed by atoms with van der Waals surface area (Å²) in [4.78, 5) is 11.9. The zero-order valence-electron chi connectivity index (χ0n) is 14.5. The van der Waals surface area contributed by atoms with Gasteiger partial charge in [0, 0.05) is 32.6 Å². The largest absolute Gasteiger partial charge is 0.355 e. The summed E-state index contributed by atoms with van der Waals surface area (Å²) in [6.07, 6.45) is 0.989. The van der Waals surface area contributed by atoms with Gasteiger partial charge in [0.25, 0.3) is 0 Å². The summed E-state index contributed by atoms with van der Waals surface area (Å²) >= 11 is 0. The molecular formula is C16H28ClN3O3S. The third kappa shape index (κ3) is 6.76. The van der Waals surface area contributed by atoms with E-state index in [1.54, 1.807) is 24.3 Å². The Morgan fingerprint density at radius 1 is 1.08 bits per heavy atom. The molecule has 0 heterocycles. The highest BCUT2D eigenvalue weighted by Crippen LogP contribution is 2.16. The van der Waals surface area contributed by atoms with Crippen LogP contribution in [0.1, 0.15) is 25.8 Å². The summed E-state index contributed by atoms with van der Waals surface area (Å²) in [7, 11) is -1.58. The third-order valence-electron chi connectivity index (χ3n) is 3.60. The van der Waals surface area contributed by atoms with Gasteiger partial charge >= 0.3 is 0 Å². The summed E-state index contributed by atoms with van der Waals surface area (Å²) in [5.74, 6) is 0.0000826. The zero-order valence-corrected chi connectivity index (χ0v) is 16.2. The summed E-state index contributed by atoms with van der Waals surface area (Å²) in [6, 6.07) is 6.78. The first-order valence-electron chi connectivity index (χ1n) is 7.96. The van der Waals surface area contributed by atoms with Crippen molar-refractivity contribution >= 4 is 28.3 Å². The quantitative estimate of drug-likeness (QED) is 0.604. The van der Waals surface area contributed by atoms with Gasteiger partial charge in [-0.2, -0.15) is 4.31 Å². The van der Waals surface area contributed by atoms with Crippen LogP contribution in [0.4, 0.5) is 0 Å². The maximum Gasteiger partial charge on any atom is 0.243 e. The molecule has 0 aliphatic heterocycles. The predicted molar refractivity (Wildman–Crippen MR) is 99.1 cm³/mol. The highest BCUT2D eigenvalue weighted by molar-refractivity contribution is 7.89. The molecule has 0 atom stereocenters. The molecule has 1 amide bonds. The Morgan fingerprint density at radius 3 is 2.17 bits per heavy atom. The fourth-order valence-electron chi connectivity index (χ4n) is 2.21. The van der Waals surface area contributed by atoms with Crippen molar-refractivity contribution in [1.82, 2.24) is 14.9 Å². The lowest BCUT2D eigenvalue weighted by atomic mass is 10.1. The Balaban J connectivity index is 0.00000529. The summed E-state index contributed by atoms with van der Waals surface area (Å²) in [6.45, 7) is 5.89. The van der Waals surface area contributed by atoms with Gasteiger partial charge in [0.1, 0.15) is 0 Å². The van der Waals surface area contributed by atoms with E-state index in [4.69, 9.17) is 0 Å². The van der Waals surface area contributed by atoms with Crippen molar-refractivity contribution in [3.63, 3.8) is 0 Å². The van der Waals surface area contributed by atoms with Crippen molar-refractivity contribution in [3.8, 4) is 0 Å². The molecular weight excluding hydrogens is 350 g/mol. The van der Waals surface area contributed by atoms with Gasteiger partial charge < -0.3 is 10.6 Å². The molecule has 0 aliphatic rings. The number of sulfonamides is 1. The van der Waals surface area contributed by atoms with E-state index in [2.05, 4.69) is 10.6 Å². The standard InChI is InChI=1S/C16H27N3O3S.ClH/c1-4-19(5-2)23(21,22)15-9-6-14(7-10-15)8-11-16(20)18-13-12-17-3;/h6-7,9-10,17H,4-5,8,11-13H2,1-3H3,(H,18,20);1H. The molecule has 0 fully saturated rings. The molecule has 1 aromatic rings. The SMILES string of the molecule is CCN(CC)S(=O)(=O)c1ccc(CCC(=O)NCCNC)cc1.Cl. The van der Waals surface area contributed by atoms with Gasteiger partial charge in [0.15, 0.2) is 0 Å². The minimum Gasteiger partial charge on any atom is -0.355 e. The second kappa shape index (κ2) is 11.4. The van der Waals surface area contributed by atoms with E-state index in [0.717, 1.165) is 12.1 Å². The van der Waals surface area contributed by atoms with Gasteiger partial charge in [-0.15, -0.1) is 12.4 Å². The molecule has 0 unspecified atom stereocenters. The topological polar surface area (TPSA) is 78.5 Å². The van der Waals surface area contributed by atoms with Crippen molar-refractivity contribution in [2.24, 2.45) is 0 Å². The normalized spacial score (nSPS) is 11.2. The Labute approximate surface area is 151 Å². The fourth-order valence-corrected chi connectivity index (χ4v) is 3.67. The highest BCUT2D eigenvalue weighted by Gasteiger charge is 2.21. The lowest BCUT2D eigenvalue weighted by molar-refractivity contribution is -0.121. The average Bonchev–Trinajstić information content (AvgIpc) is 2.54. The van der Waals surface area contributed by atoms with Gasteiger partial charge in [0.05, 0.1) is 4.90 Å². The van der Waals surface area contributed by atoms with Crippen molar-refractivity contribution < 1.29 is 13.2 Å². The molecule has 1 aromatic carbocycles. The summed E-state index contributed by atoms with van der Waals surface area (Å²) < 4.78 is 26.2. The molecule has 0 aliphatic carbocycles. The first kappa shape index (κ1) is 22.9. The molecule has 0 spiro atoms. The number of halogens is 1. The smallest absolute Gasteiger partial charge is 0.243 e. The van der Waals surface area contributed by atoms with Crippen molar-refractivity contribution in [3.05, 3.63) is 29.8 Å². The van der Waals surface area contributed by atoms with E-state index in [1.165, 1.54) is 4.31 Å². The number of nitrogens with zero attached hydrogens (tertiary/aromatic N) is 1. The van der Waals surface area contributed by atoms with Gasteiger partial charge in [-0.25, -0.2) is 8.42 Å². The number of hydrogen-bond donors (Lipinski definition) is 2. The number of rotatable bonds is 10. The molecule has 6 nitrogen and oxygen atoms in total. The highest BCUT2D eigenvalue weighted by atomic mass is 35.5. The Hall–Kier alpha value is -1.15. The molecule has 8 heteroatoms. The van der Waals surface area contributed by atoms with Crippen molar-refractivity contribution in [2.45, 2.75) is 31.6 Å². The van der Waals surface area contributed by atoms with Crippen LogP contribution in [0.5, 0.6) is 0 Å². The molecule has 0 radical (unpaired) electrons. The fraction of sp³-hybridized carbons (Fsp3) is 0.562. The number of hydrogen-bond acceptors (Lipinski definition) is 4. The van der Waals surface area contributed by atoms with Crippen LogP contribution in [0.3, 0.4) is 0 Å². The zero-order chi connectivity index (χ0) is 17.3. The number of benzene rings is 1. The summed E-state index contributed by atoms with van der Waals surface area (Å²) in [5, 5.41) is 5.78. The van der Waals surface area contributed by atoms with E-state index in [0.29, 0.717) is 37.4 Å². The van der Waals surface area contributed by atoms with Crippen LogP contribution in [-0.4, -0.2) is 51.9 Å². The lowest BCUT2D eigenvalue weighted by Crippen LogP contribution is -2.30. The number of likely N-dealkylation sites (N-methyl/N-ethyl adjacent to an activating group) is 1. The first-order chi connectivity index (χ1) is 11.0. The minimum atomic E-state index is -3.42. The van der Waals surface area contributed by atoms with E-state index >= 15 is 0 Å². The second-order valence-corrected chi connectivity index (χ2v) is 7.12. The molecule has 24 heavy (non-hydrogen) atoms. The predicted octanol–water partition coefficient (Wildman–Crippen LogP) is 1.41. The van der Waals surface area contributed by atoms with E-state index in [9.17, 15) is 13.2 Å². The average molecular weight is 378 g/mol. The molecule has 0 saturated carbocycles. The molecule has 1 rings (SSSR count). The van der Waals surface area contributed by atoms with Crippen molar-refractivity contribution in [1.29, 1.82) is 0 Å².